The van der Waals surface area contributed by atoms with E-state index >= 15 is 0 Å². The summed E-state index contributed by atoms with van der Waals surface area (Å²) in [7, 11) is 0. The third-order valence-corrected chi connectivity index (χ3v) is 6.49. The van der Waals surface area contributed by atoms with Crippen LogP contribution < -0.4 is 4.74 Å². The van der Waals surface area contributed by atoms with Crippen molar-refractivity contribution in [3.8, 4) is 5.75 Å². The second-order valence-corrected chi connectivity index (χ2v) is 8.08. The fraction of sp³-hybridized carbons (Fsp3) is 0.667. The number of ketones is 1. The standard InChI is InChI=1S/C21H29NO2/c1-15(23)14-24-21-5-3-2-4-19(21)17-8-10-22(11-9-17)20-13-16-6-7-18(20)12-16/h2-5,16-18,20H,6-14H2,1H3. The maximum atomic E-state index is 11.2. The van der Waals surface area contributed by atoms with Crippen LogP contribution in [0.15, 0.2) is 24.3 Å². The first-order chi connectivity index (χ1) is 11.7. The average molecular weight is 327 g/mol. The summed E-state index contributed by atoms with van der Waals surface area (Å²) in [4.78, 5) is 14.0. The largest absolute Gasteiger partial charge is 0.486 e. The molecule has 24 heavy (non-hydrogen) atoms. The van der Waals surface area contributed by atoms with Crippen molar-refractivity contribution < 1.29 is 9.53 Å². The highest BCUT2D eigenvalue weighted by Crippen LogP contribution is 2.47. The second kappa shape index (κ2) is 6.87. The lowest BCUT2D eigenvalue weighted by atomic mass is 9.86. The molecule has 2 saturated carbocycles. The van der Waals surface area contributed by atoms with Crippen molar-refractivity contribution in [3.63, 3.8) is 0 Å². The molecule has 3 nitrogen and oxygen atoms in total. The molecule has 0 radical (unpaired) electrons. The van der Waals surface area contributed by atoms with Gasteiger partial charge in [0.05, 0.1) is 0 Å². The number of hydrogen-bond donors (Lipinski definition) is 0. The van der Waals surface area contributed by atoms with Crippen LogP contribution in [0.1, 0.15) is 56.9 Å². The van der Waals surface area contributed by atoms with E-state index in [0.29, 0.717) is 5.92 Å². The lowest BCUT2D eigenvalue weighted by Crippen LogP contribution is -2.43. The molecule has 3 atom stereocenters. The third kappa shape index (κ3) is 3.23. The van der Waals surface area contributed by atoms with Gasteiger partial charge in [-0.25, -0.2) is 0 Å². The minimum absolute atomic E-state index is 0.0795. The summed E-state index contributed by atoms with van der Waals surface area (Å²) in [5.41, 5.74) is 1.30. The van der Waals surface area contributed by atoms with Crippen molar-refractivity contribution >= 4 is 5.78 Å². The van der Waals surface area contributed by atoms with Gasteiger partial charge in [0.25, 0.3) is 0 Å². The Bertz CT molecular complexity index is 591. The number of likely N-dealkylation sites (tertiary alicyclic amines) is 1. The Hall–Kier alpha value is -1.35. The van der Waals surface area contributed by atoms with Crippen LogP contribution in [-0.4, -0.2) is 36.4 Å². The number of nitrogens with zero attached hydrogens (tertiary/aromatic N) is 1. The summed E-state index contributed by atoms with van der Waals surface area (Å²) < 4.78 is 5.76. The molecular weight excluding hydrogens is 298 g/mol. The number of ether oxygens (including phenoxy) is 1. The van der Waals surface area contributed by atoms with Gasteiger partial charge < -0.3 is 9.64 Å². The van der Waals surface area contributed by atoms with Crippen LogP contribution in [0, 0.1) is 11.8 Å². The van der Waals surface area contributed by atoms with Gasteiger partial charge in [0.2, 0.25) is 0 Å². The number of benzene rings is 1. The van der Waals surface area contributed by atoms with Gasteiger partial charge in [0.1, 0.15) is 12.4 Å². The molecular formula is C21H29NO2. The third-order valence-electron chi connectivity index (χ3n) is 6.49. The number of hydrogen-bond acceptors (Lipinski definition) is 3. The van der Waals surface area contributed by atoms with E-state index in [2.05, 4.69) is 17.0 Å². The monoisotopic (exact) mass is 327 g/mol. The molecule has 1 aromatic rings. The predicted molar refractivity (Wildman–Crippen MR) is 95.4 cm³/mol. The first-order valence-electron chi connectivity index (χ1n) is 9.66. The Labute approximate surface area is 145 Å². The van der Waals surface area contributed by atoms with Crippen LogP contribution in [0.3, 0.4) is 0 Å². The minimum atomic E-state index is 0.0795. The second-order valence-electron chi connectivity index (χ2n) is 8.08. The van der Waals surface area contributed by atoms with E-state index < -0.39 is 0 Å². The van der Waals surface area contributed by atoms with Crippen LogP contribution >= 0.6 is 0 Å². The molecule has 2 bridgehead atoms. The molecule has 3 heteroatoms. The molecule has 3 fully saturated rings. The quantitative estimate of drug-likeness (QED) is 0.818. The summed E-state index contributed by atoms with van der Waals surface area (Å²) in [5.74, 6) is 3.57. The highest BCUT2D eigenvalue weighted by atomic mass is 16.5. The Morgan fingerprint density at radius 1 is 1.12 bits per heavy atom. The van der Waals surface area contributed by atoms with Crippen molar-refractivity contribution in [2.45, 2.75) is 57.4 Å². The van der Waals surface area contributed by atoms with Crippen LogP contribution in [0.25, 0.3) is 0 Å². The van der Waals surface area contributed by atoms with E-state index in [0.717, 1.165) is 23.6 Å². The molecule has 1 heterocycles. The van der Waals surface area contributed by atoms with Crippen molar-refractivity contribution in [3.05, 3.63) is 29.8 Å². The molecule has 0 N–H and O–H groups in total. The number of fused-ring (bicyclic) bond motifs is 2. The molecule has 1 aliphatic heterocycles. The lowest BCUT2D eigenvalue weighted by Gasteiger charge is -2.40. The molecule has 130 valence electrons. The van der Waals surface area contributed by atoms with Gasteiger partial charge in [-0.2, -0.15) is 0 Å². The van der Waals surface area contributed by atoms with Crippen molar-refractivity contribution in [1.29, 1.82) is 0 Å². The first kappa shape index (κ1) is 16.1. The van der Waals surface area contributed by atoms with Gasteiger partial charge >= 0.3 is 0 Å². The van der Waals surface area contributed by atoms with E-state index in [-0.39, 0.29) is 12.4 Å². The van der Waals surface area contributed by atoms with Crippen molar-refractivity contribution in [2.75, 3.05) is 19.7 Å². The summed E-state index contributed by atoms with van der Waals surface area (Å²) in [6, 6.07) is 9.17. The zero-order valence-corrected chi connectivity index (χ0v) is 14.7. The molecule has 3 unspecified atom stereocenters. The maximum Gasteiger partial charge on any atom is 0.167 e. The van der Waals surface area contributed by atoms with Crippen LogP contribution in [0.5, 0.6) is 5.75 Å². The van der Waals surface area contributed by atoms with Crippen LogP contribution in [0.4, 0.5) is 0 Å². The van der Waals surface area contributed by atoms with E-state index in [1.54, 1.807) is 6.92 Å². The number of Topliss-reactive ketones (excluding diaryl/α,β-unsaturated/α-hetero) is 1. The highest BCUT2D eigenvalue weighted by Gasteiger charge is 2.42. The number of piperidine rings is 1. The van der Waals surface area contributed by atoms with E-state index in [1.165, 1.54) is 57.2 Å². The summed E-state index contributed by atoms with van der Waals surface area (Å²) in [5, 5.41) is 0. The zero-order valence-electron chi connectivity index (χ0n) is 14.7. The van der Waals surface area contributed by atoms with Crippen molar-refractivity contribution in [1.82, 2.24) is 4.90 Å². The Kier molecular flexibility index (Phi) is 4.62. The molecule has 0 spiro atoms. The number of rotatable bonds is 5. The van der Waals surface area contributed by atoms with E-state index in [4.69, 9.17) is 4.74 Å². The van der Waals surface area contributed by atoms with Gasteiger partial charge in [-0.15, -0.1) is 0 Å². The van der Waals surface area contributed by atoms with Gasteiger partial charge in [-0.3, -0.25) is 4.79 Å². The summed E-state index contributed by atoms with van der Waals surface area (Å²) >= 11 is 0. The van der Waals surface area contributed by atoms with E-state index in [9.17, 15) is 4.79 Å². The summed E-state index contributed by atoms with van der Waals surface area (Å²) in [6.07, 6.45) is 8.33. The number of para-hydroxylation sites is 1. The molecule has 3 aliphatic rings. The SMILES string of the molecule is CC(=O)COc1ccccc1C1CCN(C2CC3CCC2C3)CC1. The normalized spacial score (nSPS) is 30.6. The lowest BCUT2D eigenvalue weighted by molar-refractivity contribution is -0.118. The first-order valence-corrected chi connectivity index (χ1v) is 9.66. The number of carbonyl (C=O) groups excluding carboxylic acids is 1. The number of carbonyl (C=O) groups is 1. The molecule has 0 amide bonds. The van der Waals surface area contributed by atoms with Crippen molar-refractivity contribution in [2.24, 2.45) is 11.8 Å². The molecule has 0 aromatic heterocycles. The Morgan fingerprint density at radius 3 is 2.58 bits per heavy atom. The minimum Gasteiger partial charge on any atom is -0.486 e. The van der Waals surface area contributed by atoms with Gasteiger partial charge in [0, 0.05) is 6.04 Å². The average Bonchev–Trinajstić information content (AvgIpc) is 3.24. The van der Waals surface area contributed by atoms with Crippen LogP contribution in [-0.2, 0) is 4.79 Å². The Balaban J connectivity index is 1.38. The Morgan fingerprint density at radius 2 is 1.92 bits per heavy atom. The molecule has 1 aromatic carbocycles. The fourth-order valence-corrected chi connectivity index (χ4v) is 5.33. The van der Waals surface area contributed by atoms with Gasteiger partial charge in [-0.05, 0) is 81.5 Å². The van der Waals surface area contributed by atoms with Gasteiger partial charge in [0.15, 0.2) is 5.78 Å². The summed E-state index contributed by atoms with van der Waals surface area (Å²) in [6.45, 7) is 4.20. The molecule has 4 rings (SSSR count). The predicted octanol–water partition coefficient (Wildman–Crippen LogP) is 4.02. The molecule has 2 aliphatic carbocycles. The molecule has 1 saturated heterocycles. The van der Waals surface area contributed by atoms with Crippen LogP contribution in [0.2, 0.25) is 0 Å². The zero-order chi connectivity index (χ0) is 16.5. The van der Waals surface area contributed by atoms with Gasteiger partial charge in [-0.1, -0.05) is 24.6 Å². The maximum absolute atomic E-state index is 11.2. The topological polar surface area (TPSA) is 29.5 Å². The fourth-order valence-electron chi connectivity index (χ4n) is 5.33. The van der Waals surface area contributed by atoms with E-state index in [1.807, 2.05) is 12.1 Å². The highest BCUT2D eigenvalue weighted by molar-refractivity contribution is 5.77. The smallest absolute Gasteiger partial charge is 0.167 e.